The Kier molecular flexibility index (Phi) is 24.5. The predicted molar refractivity (Wildman–Crippen MR) is 133 cm³/mol. The Morgan fingerprint density at radius 1 is 0.548 bits per heavy atom. The first-order chi connectivity index (χ1) is 14.7. The van der Waals surface area contributed by atoms with Crippen molar-refractivity contribution in [3.63, 3.8) is 0 Å². The van der Waals surface area contributed by atoms with Crippen molar-refractivity contribution in [3.05, 3.63) is 0 Å². The molecule has 0 radical (unpaired) electrons. The van der Waals surface area contributed by atoms with Gasteiger partial charge in [-0.05, 0) is 38.5 Å². The number of hydrogen-bond acceptors (Lipinski definition) is 3. The maximum absolute atomic E-state index is 8.63. The van der Waals surface area contributed by atoms with Crippen LogP contribution in [-0.2, 0) is 10.4 Å². The molecule has 0 saturated carbocycles. The van der Waals surface area contributed by atoms with Gasteiger partial charge in [-0.25, -0.2) is 8.42 Å². The molecule has 0 fully saturated rings. The van der Waals surface area contributed by atoms with Gasteiger partial charge < -0.3 is 9.04 Å². The highest BCUT2D eigenvalue weighted by molar-refractivity contribution is 7.79. The molecule has 0 unspecified atom stereocenters. The summed E-state index contributed by atoms with van der Waals surface area (Å²) < 4.78 is 34.2. The van der Waals surface area contributed by atoms with Crippen LogP contribution in [0, 0.1) is 0 Å². The van der Waals surface area contributed by atoms with Gasteiger partial charge in [-0.3, -0.25) is 4.55 Å². The van der Waals surface area contributed by atoms with Gasteiger partial charge in [0.15, 0.2) is 0 Å². The smallest absolute Gasteiger partial charge is 0.215 e. The fourth-order valence-electron chi connectivity index (χ4n) is 4.16. The van der Waals surface area contributed by atoms with Crippen LogP contribution >= 0.6 is 0 Å². The van der Waals surface area contributed by atoms with Crippen LogP contribution in [0.3, 0.4) is 0 Å². The van der Waals surface area contributed by atoms with Crippen LogP contribution in [0.15, 0.2) is 0 Å². The van der Waals surface area contributed by atoms with Crippen LogP contribution in [0.25, 0.3) is 0 Å². The lowest BCUT2D eigenvalue weighted by Crippen LogP contribution is -2.46. The quantitative estimate of drug-likeness (QED) is 0.0822. The number of nitrogens with zero attached hydrogens (tertiary/aromatic N) is 1. The number of quaternary nitrogens is 1. The van der Waals surface area contributed by atoms with E-state index in [2.05, 4.69) is 27.8 Å². The van der Waals surface area contributed by atoms with E-state index in [1.807, 2.05) is 0 Å². The molecule has 0 bridgehead atoms. The molecule has 31 heavy (non-hydrogen) atoms. The van der Waals surface area contributed by atoms with Gasteiger partial charge in [0.25, 0.3) is 0 Å². The maximum Gasteiger partial charge on any atom is 0.215 e. The minimum atomic E-state index is -4.92. The second-order valence-corrected chi connectivity index (χ2v) is 10.4. The van der Waals surface area contributed by atoms with E-state index in [0.29, 0.717) is 0 Å². The topological polar surface area (TPSA) is 77.4 Å². The fourth-order valence-corrected chi connectivity index (χ4v) is 4.16. The molecule has 0 amide bonds. The van der Waals surface area contributed by atoms with E-state index in [1.54, 1.807) is 0 Å². The SMILES string of the molecule is CCCCCCCC[N+](C)(CCCCCCCC)CCCCCCCC.O=S(=O)([O-])O. The van der Waals surface area contributed by atoms with Crippen LogP contribution in [-0.4, -0.2) is 48.7 Å². The normalized spacial score (nSPS) is 11.9. The number of unbranched alkanes of at least 4 members (excludes halogenated alkanes) is 15. The molecule has 190 valence electrons. The summed E-state index contributed by atoms with van der Waals surface area (Å²) in [6, 6.07) is 0. The highest BCUT2D eigenvalue weighted by Gasteiger charge is 2.20. The van der Waals surface area contributed by atoms with E-state index in [4.69, 9.17) is 17.5 Å². The Hall–Kier alpha value is -0.170. The molecule has 5 nitrogen and oxygen atoms in total. The van der Waals surface area contributed by atoms with E-state index in [9.17, 15) is 0 Å². The fraction of sp³-hybridized carbons (Fsp3) is 1.00. The molecule has 0 spiro atoms. The summed E-state index contributed by atoms with van der Waals surface area (Å²) >= 11 is 0. The molecule has 0 aromatic carbocycles. The first-order valence-corrected chi connectivity index (χ1v) is 14.6. The molecular formula is C25H55NO4S. The molecule has 0 saturated heterocycles. The largest absolute Gasteiger partial charge is 0.726 e. The van der Waals surface area contributed by atoms with Gasteiger partial charge in [-0.1, -0.05) is 97.8 Å². The second-order valence-electron chi connectivity index (χ2n) is 9.52. The molecule has 0 aliphatic carbocycles. The third kappa shape index (κ3) is 32.1. The van der Waals surface area contributed by atoms with E-state index >= 15 is 0 Å². The molecule has 0 rings (SSSR count). The summed E-state index contributed by atoms with van der Waals surface area (Å²) in [5.74, 6) is 0. The maximum atomic E-state index is 8.63. The first kappa shape index (κ1) is 33.0. The molecular weight excluding hydrogens is 410 g/mol. The monoisotopic (exact) mass is 465 g/mol. The van der Waals surface area contributed by atoms with Crippen LogP contribution < -0.4 is 0 Å². The molecule has 0 aromatic heterocycles. The Bertz CT molecular complexity index is 406. The molecule has 0 aliphatic rings. The van der Waals surface area contributed by atoms with Crippen LogP contribution in [0.4, 0.5) is 0 Å². The molecule has 0 aliphatic heterocycles. The first-order valence-electron chi connectivity index (χ1n) is 13.2. The molecule has 0 heterocycles. The zero-order valence-electron chi connectivity index (χ0n) is 21.4. The van der Waals surface area contributed by atoms with Gasteiger partial charge in [0.1, 0.15) is 0 Å². The molecule has 6 heteroatoms. The lowest BCUT2D eigenvalue weighted by atomic mass is 10.1. The van der Waals surface area contributed by atoms with Gasteiger partial charge in [-0.15, -0.1) is 0 Å². The minimum absolute atomic E-state index is 1.36. The molecule has 0 atom stereocenters. The second kappa shape index (κ2) is 23.0. The van der Waals surface area contributed by atoms with Crippen molar-refractivity contribution in [2.24, 2.45) is 0 Å². The third-order valence-corrected chi connectivity index (χ3v) is 6.15. The van der Waals surface area contributed by atoms with E-state index in [0.717, 1.165) is 0 Å². The third-order valence-electron chi connectivity index (χ3n) is 6.15. The van der Waals surface area contributed by atoms with Crippen LogP contribution in [0.2, 0.25) is 0 Å². The number of rotatable bonds is 21. The van der Waals surface area contributed by atoms with E-state index in [1.165, 1.54) is 140 Å². The van der Waals surface area contributed by atoms with Crippen molar-refractivity contribution < 1.29 is 22.0 Å². The highest BCUT2D eigenvalue weighted by atomic mass is 32.3. The minimum Gasteiger partial charge on any atom is -0.726 e. The van der Waals surface area contributed by atoms with Crippen molar-refractivity contribution in [1.29, 1.82) is 0 Å². The lowest BCUT2D eigenvalue weighted by molar-refractivity contribution is -0.910. The van der Waals surface area contributed by atoms with E-state index < -0.39 is 10.4 Å². The van der Waals surface area contributed by atoms with Crippen molar-refractivity contribution in [3.8, 4) is 0 Å². The van der Waals surface area contributed by atoms with Gasteiger partial charge in [0.05, 0.1) is 26.7 Å². The number of hydrogen-bond donors (Lipinski definition) is 1. The summed E-state index contributed by atoms with van der Waals surface area (Å²) in [6.45, 7) is 11.2. The summed E-state index contributed by atoms with van der Waals surface area (Å²) in [6.07, 6.45) is 25.9. The summed E-state index contributed by atoms with van der Waals surface area (Å²) in [5.41, 5.74) is 0. The highest BCUT2D eigenvalue weighted by Crippen LogP contribution is 2.16. The molecule has 1 N–H and O–H groups in total. The van der Waals surface area contributed by atoms with Crippen LogP contribution in [0.1, 0.15) is 136 Å². The van der Waals surface area contributed by atoms with Gasteiger partial charge in [0, 0.05) is 0 Å². The lowest BCUT2D eigenvalue weighted by Gasteiger charge is -2.35. The average Bonchev–Trinajstić information content (AvgIpc) is 2.69. The zero-order valence-corrected chi connectivity index (χ0v) is 22.2. The van der Waals surface area contributed by atoms with Crippen molar-refractivity contribution in [2.75, 3.05) is 26.7 Å². The van der Waals surface area contributed by atoms with Crippen molar-refractivity contribution >= 4 is 10.4 Å². The zero-order chi connectivity index (χ0) is 23.8. The van der Waals surface area contributed by atoms with E-state index in [-0.39, 0.29) is 0 Å². The van der Waals surface area contributed by atoms with Gasteiger partial charge in [-0.2, -0.15) is 0 Å². The standard InChI is InChI=1S/C25H54N.H2O4S/c1-5-8-11-14-17-20-23-26(4,24-21-18-15-12-9-6-2)25-22-19-16-13-10-7-3;1-5(2,3)4/h5-25H2,1-4H3;(H2,1,2,3,4)/q+1;/p-1. The summed E-state index contributed by atoms with van der Waals surface area (Å²) in [4.78, 5) is 0. The van der Waals surface area contributed by atoms with Gasteiger partial charge >= 0.3 is 0 Å². The Labute approximate surface area is 195 Å². The summed E-state index contributed by atoms with van der Waals surface area (Å²) in [7, 11) is -2.36. The van der Waals surface area contributed by atoms with Crippen molar-refractivity contribution in [1.82, 2.24) is 0 Å². The Morgan fingerprint density at radius 3 is 0.968 bits per heavy atom. The Balaban J connectivity index is 0. The average molecular weight is 466 g/mol. The van der Waals surface area contributed by atoms with Crippen LogP contribution in [0.5, 0.6) is 0 Å². The Morgan fingerprint density at radius 2 is 0.742 bits per heavy atom. The molecule has 0 aromatic rings. The van der Waals surface area contributed by atoms with Crippen molar-refractivity contribution in [2.45, 2.75) is 136 Å². The van der Waals surface area contributed by atoms with Gasteiger partial charge in [0.2, 0.25) is 10.4 Å². The summed E-state index contributed by atoms with van der Waals surface area (Å²) in [5, 5.41) is 0. The predicted octanol–water partition coefficient (Wildman–Crippen LogP) is 7.52.